The van der Waals surface area contributed by atoms with Gasteiger partial charge >= 0.3 is 0 Å². The number of anilines is 2. The van der Waals surface area contributed by atoms with E-state index in [0.29, 0.717) is 18.2 Å². The maximum atomic E-state index is 6.05. The monoisotopic (exact) mass is 394 g/mol. The van der Waals surface area contributed by atoms with Crippen LogP contribution in [0.1, 0.15) is 19.8 Å². The molecule has 0 amide bonds. The van der Waals surface area contributed by atoms with Crippen LogP contribution in [0.4, 0.5) is 11.5 Å². The maximum Gasteiger partial charge on any atom is 0.179 e. The van der Waals surface area contributed by atoms with Crippen molar-refractivity contribution in [3.63, 3.8) is 0 Å². The van der Waals surface area contributed by atoms with Gasteiger partial charge in [-0.3, -0.25) is 5.10 Å². The molecule has 3 saturated heterocycles. The molecule has 0 aromatic carbocycles. The lowest BCUT2D eigenvalue weighted by atomic mass is 10.2. The van der Waals surface area contributed by atoms with Crippen LogP contribution in [-0.4, -0.2) is 75.8 Å². The van der Waals surface area contributed by atoms with Crippen LogP contribution in [0, 0.1) is 0 Å². The van der Waals surface area contributed by atoms with Gasteiger partial charge in [-0.2, -0.15) is 5.10 Å². The molecular weight excluding hydrogens is 368 g/mol. The lowest BCUT2D eigenvalue weighted by molar-refractivity contribution is 0.0301. The summed E-state index contributed by atoms with van der Waals surface area (Å²) in [6, 6.07) is 4.60. The highest BCUT2D eigenvalue weighted by atomic mass is 16.5. The van der Waals surface area contributed by atoms with E-state index in [0.717, 1.165) is 68.4 Å². The number of fused-ring (bicyclic) bond motifs is 3. The predicted molar refractivity (Wildman–Crippen MR) is 110 cm³/mol. The molecule has 3 fully saturated rings. The maximum absolute atomic E-state index is 6.05. The van der Waals surface area contributed by atoms with Crippen molar-refractivity contribution in [2.24, 2.45) is 0 Å². The molecule has 3 unspecified atom stereocenters. The van der Waals surface area contributed by atoms with Crippen molar-refractivity contribution in [3.05, 3.63) is 24.5 Å². The molecule has 2 N–H and O–H groups in total. The van der Waals surface area contributed by atoms with Crippen molar-refractivity contribution in [2.45, 2.75) is 38.0 Å². The lowest BCUT2D eigenvalue weighted by Gasteiger charge is -2.37. The highest BCUT2D eigenvalue weighted by molar-refractivity contribution is 5.78. The lowest BCUT2D eigenvalue weighted by Crippen LogP contribution is -2.50. The number of rotatable bonds is 3. The predicted octanol–water partition coefficient (Wildman–Crippen LogP) is 1.29. The van der Waals surface area contributed by atoms with Gasteiger partial charge in [0.05, 0.1) is 24.1 Å². The van der Waals surface area contributed by atoms with Gasteiger partial charge in [-0.25, -0.2) is 9.50 Å². The molecule has 29 heavy (non-hydrogen) atoms. The molecule has 0 saturated carbocycles. The number of hydrogen-bond acceptors (Lipinski definition) is 7. The minimum Gasteiger partial charge on any atom is -0.371 e. The third kappa shape index (κ3) is 2.87. The number of H-pyrrole nitrogens is 1. The summed E-state index contributed by atoms with van der Waals surface area (Å²) in [5.74, 6) is 1.79. The van der Waals surface area contributed by atoms with E-state index >= 15 is 0 Å². The average Bonchev–Trinajstić information content (AvgIpc) is 3.47. The molecule has 0 spiro atoms. The van der Waals surface area contributed by atoms with E-state index in [-0.39, 0.29) is 0 Å². The van der Waals surface area contributed by atoms with Gasteiger partial charge in [0.15, 0.2) is 11.6 Å². The van der Waals surface area contributed by atoms with Crippen LogP contribution >= 0.6 is 0 Å². The van der Waals surface area contributed by atoms with Crippen molar-refractivity contribution in [3.8, 4) is 11.5 Å². The molecule has 3 atom stereocenters. The molecule has 6 rings (SSSR count). The second-order valence-electron chi connectivity index (χ2n) is 8.35. The standard InChI is InChI=1S/C20H26N8O/c1-13-9-21-6-7-27(13)17-8-19(26-11-14-2-3-15(12-26)29-14)25-28-18(17)10-22-20(28)16-4-5-23-24-16/h4-5,8,10,13-15,21H,2-3,6-7,9,11-12H2,1H3,(H,23,24). The second kappa shape index (κ2) is 6.70. The SMILES string of the molecule is CC1CNCCN1c1cc(N2CC3CCC(C2)O3)nn2c(-c3ccn[nH]3)ncc12. The van der Waals surface area contributed by atoms with E-state index in [1.54, 1.807) is 6.20 Å². The van der Waals surface area contributed by atoms with Crippen LogP contribution in [0.2, 0.25) is 0 Å². The fourth-order valence-corrected chi connectivity index (χ4v) is 4.90. The Bertz CT molecular complexity index is 1000. The number of hydrogen-bond donors (Lipinski definition) is 2. The Kier molecular flexibility index (Phi) is 3.98. The summed E-state index contributed by atoms with van der Waals surface area (Å²) < 4.78 is 8.02. The number of morpholine rings is 1. The molecule has 3 aliphatic rings. The normalized spacial score (nSPS) is 27.1. The Morgan fingerprint density at radius 3 is 2.83 bits per heavy atom. The number of nitrogens with one attached hydrogen (secondary N) is 2. The molecule has 3 aromatic rings. The van der Waals surface area contributed by atoms with Gasteiger partial charge < -0.3 is 19.9 Å². The first-order valence-corrected chi connectivity index (χ1v) is 10.5. The zero-order valence-corrected chi connectivity index (χ0v) is 16.6. The van der Waals surface area contributed by atoms with Gasteiger partial charge in [0, 0.05) is 51.0 Å². The van der Waals surface area contributed by atoms with Crippen molar-refractivity contribution in [1.29, 1.82) is 0 Å². The first-order chi connectivity index (χ1) is 14.3. The second-order valence-corrected chi connectivity index (χ2v) is 8.35. The minimum atomic E-state index is 0.322. The van der Waals surface area contributed by atoms with Gasteiger partial charge in [-0.15, -0.1) is 5.10 Å². The fraction of sp³-hybridized carbons (Fsp3) is 0.550. The summed E-state index contributed by atoms with van der Waals surface area (Å²) in [6.45, 7) is 7.01. The summed E-state index contributed by atoms with van der Waals surface area (Å²) in [4.78, 5) is 9.55. The Balaban J connectivity index is 1.50. The van der Waals surface area contributed by atoms with Crippen LogP contribution in [0.5, 0.6) is 0 Å². The van der Waals surface area contributed by atoms with Gasteiger partial charge in [0.1, 0.15) is 11.2 Å². The Hall–Kier alpha value is -2.65. The van der Waals surface area contributed by atoms with Crippen LogP contribution < -0.4 is 15.1 Å². The molecule has 6 heterocycles. The van der Waals surface area contributed by atoms with E-state index in [1.807, 2.05) is 16.8 Å². The Labute approximate surface area is 169 Å². The molecule has 3 aliphatic heterocycles. The third-order valence-corrected chi connectivity index (χ3v) is 6.39. The Morgan fingerprint density at radius 1 is 1.21 bits per heavy atom. The minimum absolute atomic E-state index is 0.322. The first-order valence-electron chi connectivity index (χ1n) is 10.5. The van der Waals surface area contributed by atoms with E-state index in [9.17, 15) is 0 Å². The van der Waals surface area contributed by atoms with Crippen molar-refractivity contribution in [1.82, 2.24) is 30.1 Å². The van der Waals surface area contributed by atoms with E-state index in [4.69, 9.17) is 14.8 Å². The molecule has 2 bridgehead atoms. The van der Waals surface area contributed by atoms with Crippen LogP contribution in [0.3, 0.4) is 0 Å². The van der Waals surface area contributed by atoms with Crippen LogP contribution in [0.25, 0.3) is 17.0 Å². The summed E-state index contributed by atoms with van der Waals surface area (Å²) >= 11 is 0. The topological polar surface area (TPSA) is 86.6 Å². The quantitative estimate of drug-likeness (QED) is 0.692. The van der Waals surface area contributed by atoms with E-state index in [1.165, 1.54) is 5.69 Å². The zero-order chi connectivity index (χ0) is 19.4. The average molecular weight is 394 g/mol. The molecule has 3 aromatic heterocycles. The smallest absolute Gasteiger partial charge is 0.179 e. The van der Waals surface area contributed by atoms with Crippen LogP contribution in [-0.2, 0) is 4.74 Å². The molecular formula is C20H26N8O. The van der Waals surface area contributed by atoms with Gasteiger partial charge in [0.2, 0.25) is 0 Å². The third-order valence-electron chi connectivity index (χ3n) is 6.39. The van der Waals surface area contributed by atoms with Crippen molar-refractivity contribution in [2.75, 3.05) is 42.5 Å². The number of aromatic amines is 1. The highest BCUT2D eigenvalue weighted by Gasteiger charge is 2.35. The zero-order valence-electron chi connectivity index (χ0n) is 16.6. The van der Waals surface area contributed by atoms with Gasteiger partial charge in [0.25, 0.3) is 0 Å². The summed E-state index contributed by atoms with van der Waals surface area (Å²) in [5.41, 5.74) is 3.10. The molecule has 0 radical (unpaired) electrons. The van der Waals surface area contributed by atoms with Gasteiger partial charge in [-0.1, -0.05) is 0 Å². The Morgan fingerprint density at radius 2 is 2.07 bits per heavy atom. The number of imidazole rings is 1. The summed E-state index contributed by atoms with van der Waals surface area (Å²) in [5, 5.41) is 15.6. The van der Waals surface area contributed by atoms with Crippen molar-refractivity contribution >= 4 is 17.0 Å². The molecule has 9 heteroatoms. The molecule has 9 nitrogen and oxygen atoms in total. The van der Waals surface area contributed by atoms with E-state index < -0.39 is 0 Å². The number of piperazine rings is 1. The van der Waals surface area contributed by atoms with Crippen molar-refractivity contribution < 1.29 is 4.74 Å². The number of ether oxygens (including phenoxy) is 1. The summed E-state index contributed by atoms with van der Waals surface area (Å²) in [6.07, 6.45) is 6.62. The molecule has 0 aliphatic carbocycles. The highest BCUT2D eigenvalue weighted by Crippen LogP contribution is 2.34. The van der Waals surface area contributed by atoms with Gasteiger partial charge in [-0.05, 0) is 25.8 Å². The number of aromatic nitrogens is 5. The molecule has 152 valence electrons. The largest absolute Gasteiger partial charge is 0.371 e. The first kappa shape index (κ1) is 17.2. The fourth-order valence-electron chi connectivity index (χ4n) is 4.90. The number of nitrogens with zero attached hydrogens (tertiary/aromatic N) is 6. The van der Waals surface area contributed by atoms with Crippen LogP contribution in [0.15, 0.2) is 24.5 Å². The summed E-state index contributed by atoms with van der Waals surface area (Å²) in [7, 11) is 0. The van der Waals surface area contributed by atoms with E-state index in [2.05, 4.69) is 38.3 Å².